The van der Waals surface area contributed by atoms with Crippen LogP contribution in [-0.2, 0) is 0 Å². The first-order valence-electron chi connectivity index (χ1n) is 12.0. The molecule has 0 spiro atoms. The summed E-state index contributed by atoms with van der Waals surface area (Å²) in [6, 6.07) is 2.24. The molecule has 3 N–H and O–H groups in total. The van der Waals surface area contributed by atoms with Gasteiger partial charge in [-0.2, -0.15) is 5.10 Å². The molecule has 0 radical (unpaired) electrons. The Morgan fingerprint density at radius 2 is 2.00 bits per heavy atom. The van der Waals surface area contributed by atoms with Gasteiger partial charge in [0.05, 0.1) is 28.8 Å². The van der Waals surface area contributed by atoms with Crippen LogP contribution in [0.4, 0.5) is 0 Å². The average molecular weight is 468 g/mol. The maximum atomic E-state index is 5.11. The molecule has 0 amide bonds. The lowest BCUT2D eigenvalue weighted by Gasteiger charge is -2.35. The van der Waals surface area contributed by atoms with Gasteiger partial charge in [-0.3, -0.25) is 15.1 Å². The molecule has 35 heavy (non-hydrogen) atoms. The molecule has 0 aromatic carbocycles. The maximum Gasteiger partial charge on any atom is 0.159 e. The molecule has 3 aliphatic rings. The minimum absolute atomic E-state index is 0.187. The van der Waals surface area contributed by atoms with Crippen molar-refractivity contribution in [2.75, 3.05) is 33.2 Å². The first kappa shape index (κ1) is 21.5. The molecule has 178 valence electrons. The Labute approximate surface area is 204 Å². The van der Waals surface area contributed by atoms with Crippen molar-refractivity contribution >= 4 is 28.4 Å². The highest BCUT2D eigenvalue weighted by Crippen LogP contribution is 2.41. The number of imidazole rings is 1. The Morgan fingerprint density at radius 3 is 2.80 bits per heavy atom. The van der Waals surface area contributed by atoms with Crippen molar-refractivity contribution in [2.24, 2.45) is 4.99 Å². The number of H-pyrrole nitrogens is 2. The number of piperazine rings is 1. The molecule has 1 unspecified atom stereocenters. The van der Waals surface area contributed by atoms with Crippen molar-refractivity contribution in [2.45, 2.75) is 19.9 Å². The number of rotatable bonds is 5. The monoisotopic (exact) mass is 467 g/mol. The molecule has 3 aromatic rings. The molecule has 6 rings (SSSR count). The number of aromatic amines is 2. The molecule has 2 fully saturated rings. The van der Waals surface area contributed by atoms with Gasteiger partial charge in [0, 0.05) is 55.2 Å². The van der Waals surface area contributed by atoms with Gasteiger partial charge in [-0.25, -0.2) is 4.98 Å². The van der Waals surface area contributed by atoms with E-state index in [1.807, 2.05) is 38.4 Å². The van der Waals surface area contributed by atoms with Crippen LogP contribution in [0.1, 0.15) is 37.0 Å². The van der Waals surface area contributed by atoms with Gasteiger partial charge in [-0.15, -0.1) is 0 Å². The number of nitrogens with one attached hydrogen (secondary N) is 3. The summed E-state index contributed by atoms with van der Waals surface area (Å²) in [7, 11) is 2.18. The average Bonchev–Trinajstić information content (AvgIpc) is 3.36. The second kappa shape index (κ2) is 8.66. The number of hydrogen-bond acceptors (Lipinski definition) is 7. The molecule has 0 saturated carbocycles. The summed E-state index contributed by atoms with van der Waals surface area (Å²) in [6.07, 6.45) is 13.7. The smallest absolute Gasteiger partial charge is 0.159 e. The van der Waals surface area contributed by atoms with Crippen LogP contribution in [0, 0.1) is 0 Å². The van der Waals surface area contributed by atoms with Crippen LogP contribution in [0.25, 0.3) is 33.7 Å². The van der Waals surface area contributed by atoms with Crippen LogP contribution in [0.2, 0.25) is 0 Å². The number of hydrogen-bond donors (Lipinski definition) is 3. The van der Waals surface area contributed by atoms with E-state index in [4.69, 9.17) is 4.98 Å². The minimum atomic E-state index is 0.187. The fraction of sp³-hybridized carbons (Fsp3) is 0.308. The number of pyridine rings is 1. The normalized spacial score (nSPS) is 20.6. The molecule has 2 saturated heterocycles. The zero-order chi connectivity index (χ0) is 23.9. The van der Waals surface area contributed by atoms with E-state index in [2.05, 4.69) is 65.5 Å². The number of aromatic nitrogens is 5. The summed E-state index contributed by atoms with van der Waals surface area (Å²) in [5.74, 6) is 0.762. The van der Waals surface area contributed by atoms with E-state index >= 15 is 0 Å². The molecule has 5 heterocycles. The largest absolute Gasteiger partial charge is 0.373 e. The fourth-order valence-electron chi connectivity index (χ4n) is 4.70. The summed E-state index contributed by atoms with van der Waals surface area (Å²) in [4.78, 5) is 22.5. The van der Waals surface area contributed by atoms with Crippen LogP contribution >= 0.6 is 0 Å². The predicted molar refractivity (Wildman–Crippen MR) is 139 cm³/mol. The molecule has 1 aliphatic carbocycles. The zero-order valence-corrected chi connectivity index (χ0v) is 20.2. The van der Waals surface area contributed by atoms with E-state index < -0.39 is 0 Å². The van der Waals surface area contributed by atoms with Gasteiger partial charge in [0.15, 0.2) is 5.82 Å². The van der Waals surface area contributed by atoms with E-state index in [1.54, 1.807) is 6.20 Å². The highest BCUT2D eigenvalue weighted by molar-refractivity contribution is 6.10. The van der Waals surface area contributed by atoms with Gasteiger partial charge >= 0.3 is 0 Å². The zero-order valence-electron chi connectivity index (χ0n) is 20.2. The second-order valence-corrected chi connectivity index (χ2v) is 9.08. The quantitative estimate of drug-likeness (QED) is 0.391. The molecular formula is C26H29N9. The lowest BCUT2D eigenvalue weighted by atomic mass is 10.1. The number of aliphatic imine (C=N–C) groups is 1. The van der Waals surface area contributed by atoms with E-state index in [1.165, 1.54) is 11.4 Å². The third-order valence-electron chi connectivity index (χ3n) is 6.79. The number of allylic oxidation sites excluding steroid dienone is 5. The Hall–Kier alpha value is -3.98. The summed E-state index contributed by atoms with van der Waals surface area (Å²) in [5, 5.41) is 12.2. The van der Waals surface area contributed by atoms with Gasteiger partial charge in [-0.05, 0) is 39.1 Å². The molecule has 1 atom stereocenters. The molecule has 3 aromatic heterocycles. The minimum Gasteiger partial charge on any atom is -0.373 e. The number of likely N-dealkylation sites (N-methyl/N-ethyl adjacent to an activating group) is 1. The van der Waals surface area contributed by atoms with Crippen LogP contribution in [0.15, 0.2) is 53.5 Å². The summed E-state index contributed by atoms with van der Waals surface area (Å²) in [6.45, 7) is 8.01. The molecule has 0 bridgehead atoms. The predicted octanol–water partition coefficient (Wildman–Crippen LogP) is 3.49. The second-order valence-electron chi connectivity index (χ2n) is 9.08. The molecular weight excluding hydrogens is 438 g/mol. The Bertz CT molecular complexity index is 1420. The Morgan fingerprint density at radius 1 is 1.14 bits per heavy atom. The van der Waals surface area contributed by atoms with Crippen LogP contribution < -0.4 is 5.32 Å². The Balaban J connectivity index is 1.39. The highest BCUT2D eigenvalue weighted by atomic mass is 15.3. The van der Waals surface area contributed by atoms with Crippen molar-refractivity contribution in [3.63, 3.8) is 0 Å². The van der Waals surface area contributed by atoms with E-state index in [0.717, 1.165) is 71.3 Å². The SMILES string of the molecule is C\C=C(/C=N/C=C/C)c1cc2c(-c3nc4c([nH]3)C3NC3=CC=C4N3CCN(C)CC3)n[nH]c2cn1. The van der Waals surface area contributed by atoms with Gasteiger partial charge in [0.25, 0.3) is 0 Å². The fourth-order valence-corrected chi connectivity index (χ4v) is 4.70. The van der Waals surface area contributed by atoms with Gasteiger partial charge in [0.2, 0.25) is 0 Å². The van der Waals surface area contributed by atoms with Crippen molar-refractivity contribution in [3.8, 4) is 11.5 Å². The number of fused-ring (bicyclic) bond motifs is 4. The topological polar surface area (TPSA) is 111 Å². The standard InChI is InChI=1S/C26H29N9/c1-4-8-27-14-16(5-2)19-13-17-20(15-28-19)32-33-22(17)26-30-24-21(35-11-9-34(3)10-12-35)7-6-18-23(29-18)25(24)31-26/h4-8,13-15,23,29H,9-12H2,1-3H3,(H,30,31)(H,32,33)/b8-4+,16-5+,27-14+. The molecule has 9 heteroatoms. The molecule has 2 aliphatic heterocycles. The van der Waals surface area contributed by atoms with Gasteiger partial charge < -0.3 is 20.1 Å². The van der Waals surface area contributed by atoms with Crippen LogP contribution in [-0.4, -0.2) is 74.4 Å². The van der Waals surface area contributed by atoms with Gasteiger partial charge in [0.1, 0.15) is 17.4 Å². The number of nitrogens with zero attached hydrogens (tertiary/aromatic N) is 6. The van der Waals surface area contributed by atoms with Crippen LogP contribution in [0.5, 0.6) is 0 Å². The Kier molecular flexibility index (Phi) is 5.33. The first-order chi connectivity index (χ1) is 17.2. The van der Waals surface area contributed by atoms with Gasteiger partial charge in [-0.1, -0.05) is 12.2 Å². The third kappa shape index (κ3) is 3.87. The summed E-state index contributed by atoms with van der Waals surface area (Å²) >= 11 is 0. The maximum absolute atomic E-state index is 5.11. The third-order valence-corrected chi connectivity index (χ3v) is 6.79. The van der Waals surface area contributed by atoms with E-state index in [-0.39, 0.29) is 6.04 Å². The summed E-state index contributed by atoms with van der Waals surface area (Å²) < 4.78 is 0. The lowest BCUT2D eigenvalue weighted by Crippen LogP contribution is -2.43. The highest BCUT2D eigenvalue weighted by Gasteiger charge is 2.38. The first-order valence-corrected chi connectivity index (χ1v) is 12.0. The van der Waals surface area contributed by atoms with Crippen molar-refractivity contribution < 1.29 is 0 Å². The van der Waals surface area contributed by atoms with Crippen molar-refractivity contribution in [1.29, 1.82) is 0 Å². The lowest BCUT2D eigenvalue weighted by molar-refractivity contribution is 0.207. The van der Waals surface area contributed by atoms with E-state index in [0.29, 0.717) is 0 Å². The summed E-state index contributed by atoms with van der Waals surface area (Å²) in [5.41, 5.74) is 7.96. The molecule has 9 nitrogen and oxygen atoms in total. The van der Waals surface area contributed by atoms with E-state index in [9.17, 15) is 0 Å². The van der Waals surface area contributed by atoms with Crippen LogP contribution in [0.3, 0.4) is 0 Å². The van der Waals surface area contributed by atoms with Crippen molar-refractivity contribution in [3.05, 3.63) is 65.5 Å². The van der Waals surface area contributed by atoms with Crippen molar-refractivity contribution in [1.82, 2.24) is 40.3 Å².